The van der Waals surface area contributed by atoms with E-state index in [2.05, 4.69) is 4.72 Å². The van der Waals surface area contributed by atoms with Crippen molar-refractivity contribution in [1.82, 2.24) is 9.29 Å². The van der Waals surface area contributed by atoms with Crippen LogP contribution in [0.2, 0.25) is 5.02 Å². The van der Waals surface area contributed by atoms with E-state index >= 15 is 0 Å². The van der Waals surface area contributed by atoms with Crippen LogP contribution < -0.4 is 9.46 Å². The lowest BCUT2D eigenvalue weighted by Gasteiger charge is -2.09. The fraction of sp³-hybridized carbons (Fsp3) is 0.154. The molecule has 9 heteroatoms. The Hall–Kier alpha value is -3.62. The maximum Gasteiger partial charge on any atom is 0.264 e. The van der Waals surface area contributed by atoms with Gasteiger partial charge in [-0.05, 0) is 74.0 Å². The molecule has 4 rings (SSSR count). The molecule has 0 aliphatic rings. The van der Waals surface area contributed by atoms with E-state index in [-0.39, 0.29) is 17.2 Å². The highest BCUT2D eigenvalue weighted by Gasteiger charge is 2.24. The number of rotatable bonds is 6. The number of carbonyl (C=O) groups excluding carboxylic acids is 2. The largest absolute Gasteiger partial charge is 0.497 e. The summed E-state index contributed by atoms with van der Waals surface area (Å²) < 4.78 is 34.4. The van der Waals surface area contributed by atoms with E-state index in [1.807, 2.05) is 6.92 Å². The topological polar surface area (TPSA) is 94.5 Å². The van der Waals surface area contributed by atoms with Gasteiger partial charge in [-0.25, -0.2) is 13.1 Å². The Kier molecular flexibility index (Phi) is 6.69. The van der Waals surface area contributed by atoms with Crippen molar-refractivity contribution in [2.45, 2.75) is 25.2 Å². The number of ether oxygens (including phenoxy) is 1. The molecule has 4 aromatic rings. The average molecular weight is 511 g/mol. The molecule has 0 fully saturated rings. The number of fused-ring (bicyclic) bond motifs is 1. The van der Waals surface area contributed by atoms with Crippen LogP contribution in [0.3, 0.4) is 0 Å². The number of aromatic nitrogens is 1. The van der Waals surface area contributed by atoms with Gasteiger partial charge in [-0.3, -0.25) is 14.2 Å². The molecule has 0 aliphatic carbocycles. The molecule has 0 atom stereocenters. The Morgan fingerprint density at radius 3 is 2.26 bits per heavy atom. The van der Waals surface area contributed by atoms with Crippen molar-refractivity contribution >= 4 is 44.3 Å². The molecule has 0 unspecified atom stereocenters. The first-order valence-electron chi connectivity index (χ1n) is 10.7. The second kappa shape index (κ2) is 9.56. The van der Waals surface area contributed by atoms with Gasteiger partial charge >= 0.3 is 0 Å². The van der Waals surface area contributed by atoms with Crippen LogP contribution in [-0.4, -0.2) is 31.9 Å². The number of benzene rings is 3. The van der Waals surface area contributed by atoms with Crippen LogP contribution in [0.5, 0.6) is 5.75 Å². The Labute approximate surface area is 208 Å². The maximum atomic E-state index is 13.4. The minimum atomic E-state index is -4.04. The van der Waals surface area contributed by atoms with E-state index in [1.54, 1.807) is 61.5 Å². The van der Waals surface area contributed by atoms with Crippen LogP contribution in [0.4, 0.5) is 0 Å². The van der Waals surface area contributed by atoms with Gasteiger partial charge in [-0.1, -0.05) is 29.3 Å². The molecule has 1 aromatic heterocycles. The first-order valence-corrected chi connectivity index (χ1v) is 12.6. The van der Waals surface area contributed by atoms with Gasteiger partial charge in [0.15, 0.2) is 0 Å². The lowest BCUT2D eigenvalue weighted by atomic mass is 10.1. The Balaban J connectivity index is 1.73. The molecule has 180 valence electrons. The smallest absolute Gasteiger partial charge is 0.264 e. The molecule has 7 nitrogen and oxygen atoms in total. The van der Waals surface area contributed by atoms with E-state index in [4.69, 9.17) is 16.3 Å². The third kappa shape index (κ3) is 4.94. The summed E-state index contributed by atoms with van der Waals surface area (Å²) in [5, 5.41) is 1.12. The third-order valence-electron chi connectivity index (χ3n) is 5.75. The van der Waals surface area contributed by atoms with Crippen molar-refractivity contribution in [3.8, 4) is 5.75 Å². The Morgan fingerprint density at radius 1 is 0.971 bits per heavy atom. The van der Waals surface area contributed by atoms with Gasteiger partial charge in [-0.15, -0.1) is 0 Å². The predicted molar refractivity (Wildman–Crippen MR) is 135 cm³/mol. The highest BCUT2D eigenvalue weighted by molar-refractivity contribution is 7.90. The second-order valence-corrected chi connectivity index (χ2v) is 10.2. The number of nitrogens with one attached hydrogen (secondary N) is 1. The van der Waals surface area contributed by atoms with Gasteiger partial charge in [0.1, 0.15) is 5.75 Å². The van der Waals surface area contributed by atoms with Crippen LogP contribution in [0.15, 0.2) is 71.6 Å². The van der Waals surface area contributed by atoms with Gasteiger partial charge in [0, 0.05) is 21.7 Å². The molecule has 1 heterocycles. The molecule has 1 N–H and O–H groups in total. The first kappa shape index (κ1) is 24.5. The molecule has 1 amide bonds. The van der Waals surface area contributed by atoms with E-state index in [0.29, 0.717) is 38.5 Å². The molecule has 0 aliphatic heterocycles. The second-order valence-electron chi connectivity index (χ2n) is 8.11. The average Bonchev–Trinajstić information content (AvgIpc) is 3.09. The molecule has 35 heavy (non-hydrogen) atoms. The van der Waals surface area contributed by atoms with Gasteiger partial charge in [0.2, 0.25) is 5.91 Å². The van der Waals surface area contributed by atoms with E-state index in [0.717, 1.165) is 5.56 Å². The summed E-state index contributed by atoms with van der Waals surface area (Å²) in [5.74, 6) is -0.467. The maximum absolute atomic E-state index is 13.4. The summed E-state index contributed by atoms with van der Waals surface area (Å²) in [6.45, 7) is 3.56. The molecule has 0 saturated carbocycles. The summed E-state index contributed by atoms with van der Waals surface area (Å²) in [5.41, 5.74) is 2.95. The first-order chi connectivity index (χ1) is 16.6. The molecular weight excluding hydrogens is 488 g/mol. The summed E-state index contributed by atoms with van der Waals surface area (Å²) in [6.07, 6.45) is -0.249. The van der Waals surface area contributed by atoms with Crippen molar-refractivity contribution < 1.29 is 22.7 Å². The van der Waals surface area contributed by atoms with Crippen LogP contribution in [-0.2, 0) is 21.2 Å². The molecule has 0 spiro atoms. The van der Waals surface area contributed by atoms with E-state index in [1.165, 1.54) is 23.8 Å². The van der Waals surface area contributed by atoms with Crippen molar-refractivity contribution in [3.05, 3.63) is 94.1 Å². The molecule has 0 radical (unpaired) electrons. The lowest BCUT2D eigenvalue weighted by Crippen LogP contribution is -2.32. The number of carbonyl (C=O) groups is 2. The summed E-state index contributed by atoms with van der Waals surface area (Å²) in [4.78, 5) is 26.2. The standard InChI is InChI=1S/C26H23ClN2O5S/c1-16-4-11-21(12-5-16)35(32,33)28-25(30)15-22-17(2)29(24-13-10-20(34-3)14-23(22)24)26(31)18-6-8-19(27)9-7-18/h4-14H,15H2,1-3H3,(H,28,30). The normalized spacial score (nSPS) is 11.4. The number of methoxy groups -OCH3 is 1. The van der Waals surface area contributed by atoms with Gasteiger partial charge in [0.05, 0.1) is 23.9 Å². The molecule has 0 saturated heterocycles. The number of hydrogen-bond donors (Lipinski definition) is 1. The number of nitrogens with zero attached hydrogens (tertiary/aromatic N) is 1. The van der Waals surface area contributed by atoms with Gasteiger partial charge < -0.3 is 4.74 Å². The molecule has 3 aromatic carbocycles. The fourth-order valence-electron chi connectivity index (χ4n) is 3.92. The highest BCUT2D eigenvalue weighted by Crippen LogP contribution is 2.31. The minimum absolute atomic E-state index is 0.00446. The Bertz CT molecular complexity index is 1540. The number of amides is 1. The minimum Gasteiger partial charge on any atom is -0.497 e. The summed E-state index contributed by atoms with van der Waals surface area (Å²) in [7, 11) is -2.52. The monoisotopic (exact) mass is 510 g/mol. The number of hydrogen-bond acceptors (Lipinski definition) is 5. The van der Waals surface area contributed by atoms with Gasteiger partial charge in [0.25, 0.3) is 15.9 Å². The number of sulfonamides is 1. The van der Waals surface area contributed by atoms with Gasteiger partial charge in [-0.2, -0.15) is 0 Å². The van der Waals surface area contributed by atoms with Crippen molar-refractivity contribution in [3.63, 3.8) is 0 Å². The van der Waals surface area contributed by atoms with E-state index < -0.39 is 15.9 Å². The van der Waals surface area contributed by atoms with E-state index in [9.17, 15) is 18.0 Å². The zero-order chi connectivity index (χ0) is 25.3. The summed E-state index contributed by atoms with van der Waals surface area (Å²) >= 11 is 5.96. The van der Waals surface area contributed by atoms with Crippen LogP contribution in [0.25, 0.3) is 10.9 Å². The van der Waals surface area contributed by atoms with Crippen LogP contribution in [0, 0.1) is 13.8 Å². The molecular formula is C26H23ClN2O5S. The van der Waals surface area contributed by atoms with Crippen LogP contribution >= 0.6 is 11.6 Å². The predicted octanol–water partition coefficient (Wildman–Crippen LogP) is 4.66. The number of halogens is 1. The fourth-order valence-corrected chi connectivity index (χ4v) is 5.03. The highest BCUT2D eigenvalue weighted by atomic mass is 35.5. The van der Waals surface area contributed by atoms with Crippen LogP contribution in [0.1, 0.15) is 27.2 Å². The lowest BCUT2D eigenvalue weighted by molar-refractivity contribution is -0.118. The zero-order valence-electron chi connectivity index (χ0n) is 19.3. The zero-order valence-corrected chi connectivity index (χ0v) is 20.9. The SMILES string of the molecule is COc1ccc2c(c1)c(CC(=O)NS(=O)(=O)c1ccc(C)cc1)c(C)n2C(=O)c1ccc(Cl)cc1. The Morgan fingerprint density at radius 2 is 1.63 bits per heavy atom. The molecule has 0 bridgehead atoms. The van der Waals surface area contributed by atoms with Crippen molar-refractivity contribution in [2.24, 2.45) is 0 Å². The summed E-state index contributed by atoms with van der Waals surface area (Å²) in [6, 6.07) is 17.9. The van der Waals surface area contributed by atoms with Crippen molar-refractivity contribution in [2.75, 3.05) is 7.11 Å². The van der Waals surface area contributed by atoms with Crippen molar-refractivity contribution in [1.29, 1.82) is 0 Å². The number of aryl methyl sites for hydroxylation is 1. The third-order valence-corrected chi connectivity index (χ3v) is 7.39. The quantitative estimate of drug-likeness (QED) is 0.407.